The number of halogens is 4. The summed E-state index contributed by atoms with van der Waals surface area (Å²) in [5, 5.41) is 11.0. The van der Waals surface area contributed by atoms with Crippen LogP contribution in [0.4, 0.5) is 13.2 Å². The van der Waals surface area contributed by atoms with Gasteiger partial charge in [0.15, 0.2) is 5.65 Å². The molecule has 0 aliphatic rings. The predicted molar refractivity (Wildman–Crippen MR) is 109 cm³/mol. The Kier molecular flexibility index (Phi) is 5.34. The summed E-state index contributed by atoms with van der Waals surface area (Å²) in [5.74, 6) is 0.981. The molecule has 1 amide bonds. The number of carbonyl (C=O) groups excluding carboxylic acids is 1. The molecule has 0 spiro atoms. The molecule has 0 aliphatic carbocycles. The first kappa shape index (κ1) is 21.1. The van der Waals surface area contributed by atoms with Crippen LogP contribution in [0.1, 0.15) is 47.3 Å². The zero-order chi connectivity index (χ0) is 22.3. The van der Waals surface area contributed by atoms with E-state index < -0.39 is 11.7 Å². The highest BCUT2D eigenvalue weighted by Crippen LogP contribution is 2.34. The van der Waals surface area contributed by atoms with Gasteiger partial charge in [-0.15, -0.1) is 10.2 Å². The van der Waals surface area contributed by atoms with Crippen molar-refractivity contribution in [1.29, 1.82) is 0 Å². The number of nitrogens with one attached hydrogen (secondary N) is 2. The zero-order valence-corrected chi connectivity index (χ0v) is 17.3. The first-order chi connectivity index (χ1) is 14.6. The molecular weight excluding hydrogens is 433 g/mol. The summed E-state index contributed by atoms with van der Waals surface area (Å²) in [6.07, 6.45) is -2.42. The maximum atomic E-state index is 13.0. The second-order valence-electron chi connectivity index (χ2n) is 7.37. The van der Waals surface area contributed by atoms with Crippen molar-refractivity contribution in [2.24, 2.45) is 0 Å². The van der Waals surface area contributed by atoms with E-state index in [9.17, 15) is 18.0 Å². The van der Waals surface area contributed by atoms with Crippen LogP contribution in [0.25, 0.3) is 16.7 Å². The van der Waals surface area contributed by atoms with E-state index in [-0.39, 0.29) is 40.8 Å². The van der Waals surface area contributed by atoms with Crippen LogP contribution >= 0.6 is 11.6 Å². The number of H-pyrrole nitrogens is 1. The summed E-state index contributed by atoms with van der Waals surface area (Å²) in [7, 11) is 0. The molecule has 0 atom stereocenters. The van der Waals surface area contributed by atoms with Crippen molar-refractivity contribution in [2.75, 3.05) is 6.54 Å². The molecule has 0 aliphatic heterocycles. The van der Waals surface area contributed by atoms with Crippen molar-refractivity contribution < 1.29 is 18.0 Å². The van der Waals surface area contributed by atoms with Crippen molar-refractivity contribution in [3.8, 4) is 0 Å². The number of hydrogen-bond donors (Lipinski definition) is 2. The van der Waals surface area contributed by atoms with Gasteiger partial charge in [0.05, 0.1) is 21.7 Å². The number of hydrogen-bond acceptors (Lipinski definition) is 4. The number of aromatic amines is 1. The molecule has 3 heterocycles. The fourth-order valence-electron chi connectivity index (χ4n) is 3.30. The van der Waals surface area contributed by atoms with Gasteiger partial charge in [0.2, 0.25) is 0 Å². The van der Waals surface area contributed by atoms with Crippen LogP contribution < -0.4 is 5.32 Å². The van der Waals surface area contributed by atoms with Crippen molar-refractivity contribution in [3.63, 3.8) is 0 Å². The highest BCUT2D eigenvalue weighted by atomic mass is 35.5. The van der Waals surface area contributed by atoms with Crippen LogP contribution in [-0.2, 0) is 12.6 Å². The molecule has 1 aromatic carbocycles. The second-order valence-corrected chi connectivity index (χ2v) is 7.78. The monoisotopic (exact) mass is 450 g/mol. The van der Waals surface area contributed by atoms with Gasteiger partial charge in [-0.3, -0.25) is 9.20 Å². The summed E-state index contributed by atoms with van der Waals surface area (Å²) in [6.45, 7) is 4.19. The highest BCUT2D eigenvalue weighted by Gasteiger charge is 2.31. The molecule has 4 rings (SSSR count). The van der Waals surface area contributed by atoms with Gasteiger partial charge in [0.25, 0.3) is 5.91 Å². The molecule has 162 valence electrons. The van der Waals surface area contributed by atoms with Gasteiger partial charge in [0.1, 0.15) is 17.2 Å². The maximum Gasteiger partial charge on any atom is 0.416 e. The van der Waals surface area contributed by atoms with Gasteiger partial charge in [-0.1, -0.05) is 25.4 Å². The first-order valence-corrected chi connectivity index (χ1v) is 9.90. The largest absolute Gasteiger partial charge is 0.416 e. The molecule has 0 saturated heterocycles. The van der Waals surface area contributed by atoms with Gasteiger partial charge >= 0.3 is 6.18 Å². The van der Waals surface area contributed by atoms with E-state index in [1.807, 2.05) is 13.8 Å². The van der Waals surface area contributed by atoms with Crippen molar-refractivity contribution in [3.05, 3.63) is 58.3 Å². The molecular formula is C20H18ClF3N6O. The average Bonchev–Trinajstić information content (AvgIpc) is 3.31. The number of imidazole rings is 1. The Labute approximate surface area is 179 Å². The summed E-state index contributed by atoms with van der Waals surface area (Å²) < 4.78 is 40.7. The van der Waals surface area contributed by atoms with Crippen LogP contribution in [0.15, 0.2) is 30.5 Å². The summed E-state index contributed by atoms with van der Waals surface area (Å²) >= 11 is 5.96. The maximum absolute atomic E-state index is 13.0. The SMILES string of the molecule is CC(C)c1nnc2c(C(=O)NCCc3nc4c(Cl)cc(C(F)(F)F)cc4[nH]3)cccn12. The predicted octanol–water partition coefficient (Wildman–Crippen LogP) is 4.37. The third-order valence-corrected chi connectivity index (χ3v) is 5.07. The number of aromatic nitrogens is 5. The minimum atomic E-state index is -4.50. The van der Waals surface area contributed by atoms with Crippen LogP contribution in [0, 0.1) is 0 Å². The Morgan fingerprint density at radius 3 is 2.77 bits per heavy atom. The van der Waals surface area contributed by atoms with E-state index in [0.29, 0.717) is 17.0 Å². The lowest BCUT2D eigenvalue weighted by atomic mass is 10.2. The molecule has 31 heavy (non-hydrogen) atoms. The Bertz CT molecular complexity index is 1280. The Morgan fingerprint density at radius 1 is 1.29 bits per heavy atom. The van der Waals surface area contributed by atoms with E-state index in [4.69, 9.17) is 11.6 Å². The molecule has 0 bridgehead atoms. The fraction of sp³-hybridized carbons (Fsp3) is 0.300. The molecule has 7 nitrogen and oxygen atoms in total. The van der Waals surface area contributed by atoms with Crippen LogP contribution in [0.5, 0.6) is 0 Å². The minimum Gasteiger partial charge on any atom is -0.351 e. The number of amides is 1. The number of rotatable bonds is 5. The number of fused-ring (bicyclic) bond motifs is 2. The number of alkyl halides is 3. The third-order valence-electron chi connectivity index (χ3n) is 4.79. The second kappa shape index (κ2) is 7.84. The Balaban J connectivity index is 1.48. The van der Waals surface area contributed by atoms with E-state index in [0.717, 1.165) is 18.0 Å². The summed E-state index contributed by atoms with van der Waals surface area (Å²) in [4.78, 5) is 19.7. The first-order valence-electron chi connectivity index (χ1n) is 9.52. The number of pyridine rings is 1. The smallest absolute Gasteiger partial charge is 0.351 e. The molecule has 11 heteroatoms. The van der Waals surface area contributed by atoms with Crippen LogP contribution in [-0.4, -0.2) is 37.0 Å². The van der Waals surface area contributed by atoms with Gasteiger partial charge in [-0.05, 0) is 24.3 Å². The van der Waals surface area contributed by atoms with Crippen molar-refractivity contribution >= 4 is 34.2 Å². The Morgan fingerprint density at radius 2 is 2.06 bits per heavy atom. The van der Waals surface area contributed by atoms with Crippen LogP contribution in [0.2, 0.25) is 5.02 Å². The summed E-state index contributed by atoms with van der Waals surface area (Å²) in [6, 6.07) is 5.22. The molecule has 0 radical (unpaired) electrons. The molecule has 3 aromatic heterocycles. The van der Waals surface area contributed by atoms with Crippen LogP contribution in [0.3, 0.4) is 0 Å². The standard InChI is InChI=1S/C20H18ClF3N6O/c1-10(2)17-28-29-18-12(4-3-7-30(17)18)19(31)25-6-5-15-26-14-9-11(20(22,23)24)8-13(21)16(14)27-15/h3-4,7-10H,5-6H2,1-2H3,(H,25,31)(H,26,27). The minimum absolute atomic E-state index is 0.0872. The van der Waals surface area contributed by atoms with Gasteiger partial charge in [-0.25, -0.2) is 4.98 Å². The molecule has 0 fully saturated rings. The van der Waals surface area contributed by atoms with Gasteiger partial charge < -0.3 is 10.3 Å². The quantitative estimate of drug-likeness (QED) is 0.472. The summed E-state index contributed by atoms with van der Waals surface area (Å²) in [5.41, 5.74) is 0.431. The van der Waals surface area contributed by atoms with Gasteiger partial charge in [-0.2, -0.15) is 13.2 Å². The Hall–Kier alpha value is -3.14. The molecule has 4 aromatic rings. The lowest BCUT2D eigenvalue weighted by Crippen LogP contribution is -2.26. The highest BCUT2D eigenvalue weighted by molar-refractivity contribution is 6.35. The van der Waals surface area contributed by atoms with Crippen molar-refractivity contribution in [1.82, 2.24) is 29.9 Å². The lowest BCUT2D eigenvalue weighted by Gasteiger charge is -2.07. The normalized spacial score (nSPS) is 12.2. The zero-order valence-electron chi connectivity index (χ0n) is 16.6. The average molecular weight is 451 g/mol. The molecule has 2 N–H and O–H groups in total. The van der Waals surface area contributed by atoms with E-state index in [1.54, 1.807) is 22.7 Å². The van der Waals surface area contributed by atoms with Crippen molar-refractivity contribution in [2.45, 2.75) is 32.4 Å². The van der Waals surface area contributed by atoms with Gasteiger partial charge in [0, 0.05) is 25.1 Å². The molecule has 0 unspecified atom stereocenters. The fourth-order valence-corrected chi connectivity index (χ4v) is 3.56. The van der Waals surface area contributed by atoms with E-state index in [2.05, 4.69) is 25.5 Å². The van der Waals surface area contributed by atoms with E-state index in [1.165, 1.54) is 0 Å². The topological polar surface area (TPSA) is 88.0 Å². The van der Waals surface area contributed by atoms with E-state index >= 15 is 0 Å². The number of carbonyl (C=O) groups is 1. The number of nitrogens with zero attached hydrogens (tertiary/aromatic N) is 4. The molecule has 0 saturated carbocycles. The number of benzene rings is 1. The third kappa shape index (κ3) is 4.07. The lowest BCUT2D eigenvalue weighted by molar-refractivity contribution is -0.137.